The molecule has 2 aromatic carbocycles. The summed E-state index contributed by atoms with van der Waals surface area (Å²) in [5.41, 5.74) is 2.82. The molecule has 0 aliphatic heterocycles. The van der Waals surface area contributed by atoms with Crippen molar-refractivity contribution in [3.8, 4) is 0 Å². The lowest BCUT2D eigenvalue weighted by Crippen LogP contribution is -2.34. The smallest absolute Gasteiger partial charge is 0.251 e. The van der Waals surface area contributed by atoms with Crippen LogP contribution in [0.3, 0.4) is 0 Å². The molecule has 0 saturated carbocycles. The molecule has 0 unspecified atom stereocenters. The normalized spacial score (nSPS) is 12.0. The van der Waals surface area contributed by atoms with Crippen LogP contribution in [0.5, 0.6) is 0 Å². The molecule has 2 aromatic rings. The number of carbonyl (C=O) groups is 1. The van der Waals surface area contributed by atoms with Gasteiger partial charge in [0.05, 0.1) is 4.90 Å². The molecule has 0 spiro atoms. The third-order valence-electron chi connectivity index (χ3n) is 4.36. The van der Waals surface area contributed by atoms with Crippen LogP contribution in [-0.4, -0.2) is 27.4 Å². The van der Waals surface area contributed by atoms with Crippen LogP contribution in [0.1, 0.15) is 49.2 Å². The first-order chi connectivity index (χ1) is 12.6. The lowest BCUT2D eigenvalue weighted by molar-refractivity contribution is 0.0954. The number of benzene rings is 2. The highest BCUT2D eigenvalue weighted by Gasteiger charge is 2.15. The zero-order valence-corrected chi connectivity index (χ0v) is 17.2. The summed E-state index contributed by atoms with van der Waals surface area (Å²) in [6.07, 6.45) is 0.858. The Morgan fingerprint density at radius 2 is 1.52 bits per heavy atom. The maximum atomic E-state index is 12.3. The van der Waals surface area contributed by atoms with Crippen LogP contribution in [0.15, 0.2) is 53.4 Å². The molecule has 0 aliphatic carbocycles. The monoisotopic (exact) mass is 388 g/mol. The first-order valence-corrected chi connectivity index (χ1v) is 10.6. The summed E-state index contributed by atoms with van der Waals surface area (Å²) in [4.78, 5) is 12.4. The standard InChI is InChI=1S/C21H28N2O3S/c1-5-16-6-12-19(13-7-16)27(25,26)23-15-14-22-20(24)17-8-10-18(11-9-17)21(2,3)4/h6-13,23H,5,14-15H2,1-4H3,(H,22,24). The summed E-state index contributed by atoms with van der Waals surface area (Å²) in [6.45, 7) is 8.70. The summed E-state index contributed by atoms with van der Waals surface area (Å²) in [7, 11) is -3.57. The minimum Gasteiger partial charge on any atom is -0.351 e. The summed E-state index contributed by atoms with van der Waals surface area (Å²) < 4.78 is 27.0. The molecule has 5 nitrogen and oxygen atoms in total. The molecule has 2 N–H and O–H groups in total. The van der Waals surface area contributed by atoms with E-state index < -0.39 is 10.0 Å². The number of amides is 1. The molecule has 1 amide bonds. The quantitative estimate of drug-likeness (QED) is 0.715. The van der Waals surface area contributed by atoms with E-state index in [1.54, 1.807) is 36.4 Å². The Kier molecular flexibility index (Phi) is 6.78. The molecular formula is C21H28N2O3S. The molecule has 146 valence electrons. The maximum Gasteiger partial charge on any atom is 0.251 e. The van der Waals surface area contributed by atoms with E-state index in [2.05, 4.69) is 30.8 Å². The number of nitrogens with one attached hydrogen (secondary N) is 2. The van der Waals surface area contributed by atoms with Crippen molar-refractivity contribution in [3.05, 3.63) is 65.2 Å². The highest BCUT2D eigenvalue weighted by Crippen LogP contribution is 2.22. The van der Waals surface area contributed by atoms with Gasteiger partial charge in [0.1, 0.15) is 0 Å². The van der Waals surface area contributed by atoms with Crippen LogP contribution in [0, 0.1) is 0 Å². The van der Waals surface area contributed by atoms with Gasteiger partial charge in [-0.2, -0.15) is 0 Å². The van der Waals surface area contributed by atoms with Gasteiger partial charge in [-0.3, -0.25) is 4.79 Å². The molecule has 6 heteroatoms. The van der Waals surface area contributed by atoms with Gasteiger partial charge in [0.25, 0.3) is 5.91 Å². The first-order valence-electron chi connectivity index (χ1n) is 9.11. The number of sulfonamides is 1. The minimum absolute atomic E-state index is 0.0304. The van der Waals surface area contributed by atoms with E-state index in [0.29, 0.717) is 5.56 Å². The maximum absolute atomic E-state index is 12.3. The van der Waals surface area contributed by atoms with Gasteiger partial charge in [-0.05, 0) is 47.2 Å². The van der Waals surface area contributed by atoms with Crippen LogP contribution < -0.4 is 10.0 Å². The van der Waals surface area contributed by atoms with Crippen molar-refractivity contribution in [2.24, 2.45) is 0 Å². The molecule has 0 saturated heterocycles. The molecule has 0 atom stereocenters. The van der Waals surface area contributed by atoms with Crippen LogP contribution in [0.4, 0.5) is 0 Å². The third-order valence-corrected chi connectivity index (χ3v) is 5.83. The molecule has 2 rings (SSSR count). The number of hydrogen-bond donors (Lipinski definition) is 2. The zero-order valence-electron chi connectivity index (χ0n) is 16.4. The van der Waals surface area contributed by atoms with Gasteiger partial charge >= 0.3 is 0 Å². The molecule has 0 heterocycles. The van der Waals surface area contributed by atoms with E-state index >= 15 is 0 Å². The number of hydrogen-bond acceptors (Lipinski definition) is 3. The van der Waals surface area contributed by atoms with E-state index in [4.69, 9.17) is 0 Å². The summed E-state index contributed by atoms with van der Waals surface area (Å²) >= 11 is 0. The van der Waals surface area contributed by atoms with Crippen LogP contribution >= 0.6 is 0 Å². The van der Waals surface area contributed by atoms with Crippen molar-refractivity contribution in [1.29, 1.82) is 0 Å². The van der Waals surface area contributed by atoms with Gasteiger partial charge in [0.15, 0.2) is 0 Å². The SMILES string of the molecule is CCc1ccc(S(=O)(=O)NCCNC(=O)c2ccc(C(C)(C)C)cc2)cc1. The number of carbonyl (C=O) groups excluding carboxylic acids is 1. The summed E-state index contributed by atoms with van der Waals surface area (Å²) in [5, 5.41) is 2.73. The third kappa shape index (κ3) is 5.91. The predicted molar refractivity (Wildman–Crippen MR) is 108 cm³/mol. The predicted octanol–water partition coefficient (Wildman–Crippen LogP) is 3.25. The molecule has 27 heavy (non-hydrogen) atoms. The average Bonchev–Trinajstić information content (AvgIpc) is 2.64. The van der Waals surface area contributed by atoms with Crippen molar-refractivity contribution in [1.82, 2.24) is 10.0 Å². The van der Waals surface area contributed by atoms with Crippen LogP contribution in [0.25, 0.3) is 0 Å². The second kappa shape index (κ2) is 8.67. The number of rotatable bonds is 7. The Balaban J connectivity index is 1.85. The largest absolute Gasteiger partial charge is 0.351 e. The van der Waals surface area contributed by atoms with E-state index in [1.807, 2.05) is 19.1 Å². The Morgan fingerprint density at radius 1 is 0.926 bits per heavy atom. The van der Waals surface area contributed by atoms with Crippen molar-refractivity contribution in [3.63, 3.8) is 0 Å². The van der Waals surface area contributed by atoms with Crippen LogP contribution in [0.2, 0.25) is 0 Å². The minimum atomic E-state index is -3.57. The Bertz CT molecular complexity index is 865. The molecule has 0 fully saturated rings. The summed E-state index contributed by atoms with van der Waals surface area (Å²) in [6, 6.07) is 14.3. The van der Waals surface area contributed by atoms with Gasteiger partial charge < -0.3 is 5.32 Å². The fourth-order valence-corrected chi connectivity index (χ4v) is 3.60. The highest BCUT2D eigenvalue weighted by atomic mass is 32.2. The van der Waals surface area contributed by atoms with Gasteiger partial charge in [-0.1, -0.05) is 52.0 Å². The van der Waals surface area contributed by atoms with E-state index in [1.165, 1.54) is 0 Å². The van der Waals surface area contributed by atoms with Gasteiger partial charge in [0.2, 0.25) is 10.0 Å². The topological polar surface area (TPSA) is 75.3 Å². The first kappa shape index (κ1) is 21.1. The highest BCUT2D eigenvalue weighted by molar-refractivity contribution is 7.89. The lowest BCUT2D eigenvalue weighted by atomic mass is 9.87. The molecular weight excluding hydrogens is 360 g/mol. The Hall–Kier alpha value is -2.18. The van der Waals surface area contributed by atoms with Crippen molar-refractivity contribution in [2.45, 2.75) is 44.4 Å². The van der Waals surface area contributed by atoms with Crippen molar-refractivity contribution < 1.29 is 13.2 Å². The zero-order chi connectivity index (χ0) is 20.1. The van der Waals surface area contributed by atoms with E-state index in [-0.39, 0.29) is 29.3 Å². The molecule has 0 bridgehead atoms. The average molecular weight is 389 g/mol. The fraction of sp³-hybridized carbons (Fsp3) is 0.381. The van der Waals surface area contributed by atoms with Crippen molar-refractivity contribution in [2.75, 3.05) is 13.1 Å². The number of aryl methyl sites for hydroxylation is 1. The Labute approximate surface area is 162 Å². The second-order valence-corrected chi connectivity index (χ2v) is 9.25. The Morgan fingerprint density at radius 3 is 2.04 bits per heavy atom. The van der Waals surface area contributed by atoms with Gasteiger partial charge in [-0.15, -0.1) is 0 Å². The van der Waals surface area contributed by atoms with Gasteiger partial charge in [0, 0.05) is 18.7 Å². The fourth-order valence-electron chi connectivity index (χ4n) is 2.57. The molecule has 0 aliphatic rings. The van der Waals surface area contributed by atoms with E-state index in [0.717, 1.165) is 17.5 Å². The van der Waals surface area contributed by atoms with Gasteiger partial charge in [-0.25, -0.2) is 13.1 Å². The lowest BCUT2D eigenvalue weighted by Gasteiger charge is -2.19. The molecule has 0 aromatic heterocycles. The molecule has 0 radical (unpaired) electrons. The summed E-state index contributed by atoms with van der Waals surface area (Å²) in [5.74, 6) is -0.220. The van der Waals surface area contributed by atoms with Crippen LogP contribution in [-0.2, 0) is 21.9 Å². The van der Waals surface area contributed by atoms with E-state index in [9.17, 15) is 13.2 Å². The second-order valence-electron chi connectivity index (χ2n) is 7.48. The van der Waals surface area contributed by atoms with Crippen molar-refractivity contribution >= 4 is 15.9 Å².